The SMILES string of the molecule is CCOC(=O)N1CCC(NC(=O)CSc2ccc3ccccc3c2)CC1. The number of ether oxygens (including phenoxy) is 1. The topological polar surface area (TPSA) is 58.6 Å². The maximum Gasteiger partial charge on any atom is 0.409 e. The van der Waals surface area contributed by atoms with E-state index in [0.29, 0.717) is 25.4 Å². The lowest BCUT2D eigenvalue weighted by atomic mass is 10.1. The third kappa shape index (κ3) is 4.91. The molecule has 1 aliphatic heterocycles. The summed E-state index contributed by atoms with van der Waals surface area (Å²) in [7, 11) is 0. The van der Waals surface area contributed by atoms with E-state index in [1.165, 1.54) is 10.8 Å². The van der Waals surface area contributed by atoms with Gasteiger partial charge in [-0.2, -0.15) is 0 Å². The van der Waals surface area contributed by atoms with Crippen molar-refractivity contribution in [1.29, 1.82) is 0 Å². The molecule has 1 aliphatic rings. The van der Waals surface area contributed by atoms with Crippen LogP contribution in [0.4, 0.5) is 4.79 Å². The van der Waals surface area contributed by atoms with Gasteiger partial charge in [0.25, 0.3) is 0 Å². The maximum absolute atomic E-state index is 12.2. The highest BCUT2D eigenvalue weighted by molar-refractivity contribution is 8.00. The van der Waals surface area contributed by atoms with E-state index in [4.69, 9.17) is 4.74 Å². The first-order valence-electron chi connectivity index (χ1n) is 8.98. The second-order valence-electron chi connectivity index (χ2n) is 6.33. The fourth-order valence-electron chi connectivity index (χ4n) is 3.10. The van der Waals surface area contributed by atoms with E-state index in [1.807, 2.05) is 12.1 Å². The maximum atomic E-state index is 12.2. The average molecular weight is 372 g/mol. The minimum atomic E-state index is -0.260. The molecule has 2 aromatic rings. The average Bonchev–Trinajstić information content (AvgIpc) is 2.67. The van der Waals surface area contributed by atoms with Crippen LogP contribution in [0.3, 0.4) is 0 Å². The van der Waals surface area contributed by atoms with Crippen LogP contribution in [0.1, 0.15) is 19.8 Å². The van der Waals surface area contributed by atoms with Gasteiger partial charge in [0.15, 0.2) is 0 Å². The Morgan fingerprint density at radius 3 is 2.62 bits per heavy atom. The number of carbonyl (C=O) groups is 2. The van der Waals surface area contributed by atoms with Gasteiger partial charge in [-0.15, -0.1) is 11.8 Å². The lowest BCUT2D eigenvalue weighted by Gasteiger charge is -2.31. The third-order valence-corrected chi connectivity index (χ3v) is 5.47. The number of likely N-dealkylation sites (tertiary alicyclic amines) is 1. The van der Waals surface area contributed by atoms with Crippen molar-refractivity contribution in [2.24, 2.45) is 0 Å². The smallest absolute Gasteiger partial charge is 0.409 e. The van der Waals surface area contributed by atoms with Crippen LogP contribution in [-0.4, -0.2) is 48.4 Å². The highest BCUT2D eigenvalue weighted by atomic mass is 32.2. The normalized spacial score (nSPS) is 15.0. The Morgan fingerprint density at radius 2 is 1.88 bits per heavy atom. The predicted molar refractivity (Wildman–Crippen MR) is 104 cm³/mol. The molecule has 5 nitrogen and oxygen atoms in total. The molecule has 1 saturated heterocycles. The number of thioether (sulfide) groups is 1. The minimum absolute atomic E-state index is 0.0396. The summed E-state index contributed by atoms with van der Waals surface area (Å²) >= 11 is 1.55. The van der Waals surface area contributed by atoms with Gasteiger partial charge >= 0.3 is 6.09 Å². The molecule has 6 heteroatoms. The molecular weight excluding hydrogens is 348 g/mol. The first-order chi connectivity index (χ1) is 12.7. The van der Waals surface area contributed by atoms with Gasteiger partial charge in [-0.3, -0.25) is 4.79 Å². The quantitative estimate of drug-likeness (QED) is 0.814. The molecular formula is C20H24N2O3S. The molecule has 1 N–H and O–H groups in total. The Bertz CT molecular complexity index is 772. The number of amides is 2. The fourth-order valence-corrected chi connectivity index (χ4v) is 3.85. The summed E-state index contributed by atoms with van der Waals surface area (Å²) in [6, 6.07) is 14.6. The lowest BCUT2D eigenvalue weighted by Crippen LogP contribution is -2.47. The molecule has 0 aromatic heterocycles. The van der Waals surface area contributed by atoms with Crippen molar-refractivity contribution in [3.8, 4) is 0 Å². The van der Waals surface area contributed by atoms with Gasteiger partial charge in [0.05, 0.1) is 12.4 Å². The number of hydrogen-bond acceptors (Lipinski definition) is 4. The van der Waals surface area contributed by atoms with Crippen molar-refractivity contribution in [2.75, 3.05) is 25.4 Å². The highest BCUT2D eigenvalue weighted by Crippen LogP contribution is 2.23. The molecule has 0 saturated carbocycles. The van der Waals surface area contributed by atoms with Crippen molar-refractivity contribution < 1.29 is 14.3 Å². The second kappa shape index (κ2) is 8.94. The number of rotatable bonds is 5. The van der Waals surface area contributed by atoms with Crippen molar-refractivity contribution in [3.05, 3.63) is 42.5 Å². The van der Waals surface area contributed by atoms with Gasteiger partial charge in [0, 0.05) is 24.0 Å². The van der Waals surface area contributed by atoms with Crippen LogP contribution < -0.4 is 5.32 Å². The monoisotopic (exact) mass is 372 g/mol. The Labute approximate surface area is 158 Å². The molecule has 0 bridgehead atoms. The van der Waals surface area contributed by atoms with Crippen LogP contribution in [-0.2, 0) is 9.53 Å². The Kier molecular flexibility index (Phi) is 6.39. The van der Waals surface area contributed by atoms with E-state index >= 15 is 0 Å². The molecule has 0 radical (unpaired) electrons. The molecule has 0 spiro atoms. The zero-order chi connectivity index (χ0) is 18.4. The summed E-state index contributed by atoms with van der Waals surface area (Å²) in [4.78, 5) is 26.7. The first-order valence-corrected chi connectivity index (χ1v) is 9.97. The number of benzene rings is 2. The molecule has 2 aromatic carbocycles. The van der Waals surface area contributed by atoms with Gasteiger partial charge in [-0.05, 0) is 42.7 Å². The Hall–Kier alpha value is -2.21. The van der Waals surface area contributed by atoms with E-state index < -0.39 is 0 Å². The third-order valence-electron chi connectivity index (χ3n) is 4.48. The van der Waals surface area contributed by atoms with E-state index in [0.717, 1.165) is 17.7 Å². The zero-order valence-electron chi connectivity index (χ0n) is 14.9. The molecule has 3 rings (SSSR count). The molecule has 2 amide bonds. The van der Waals surface area contributed by atoms with Crippen molar-refractivity contribution in [3.63, 3.8) is 0 Å². The highest BCUT2D eigenvalue weighted by Gasteiger charge is 2.24. The number of carbonyl (C=O) groups excluding carboxylic acids is 2. The molecule has 0 atom stereocenters. The molecule has 0 unspecified atom stereocenters. The number of piperidine rings is 1. The van der Waals surface area contributed by atoms with Crippen LogP contribution in [0.25, 0.3) is 10.8 Å². The van der Waals surface area contributed by atoms with Gasteiger partial charge in [-0.1, -0.05) is 30.3 Å². The first kappa shape index (κ1) is 18.6. The summed E-state index contributed by atoms with van der Waals surface area (Å²) in [5.41, 5.74) is 0. The van der Waals surface area contributed by atoms with Crippen molar-refractivity contribution in [1.82, 2.24) is 10.2 Å². The zero-order valence-corrected chi connectivity index (χ0v) is 15.8. The lowest BCUT2D eigenvalue weighted by molar-refractivity contribution is -0.119. The standard InChI is InChI=1S/C20H24N2O3S/c1-2-25-20(24)22-11-9-17(10-12-22)21-19(23)14-26-18-8-7-15-5-3-4-6-16(15)13-18/h3-8,13,17H,2,9-12,14H2,1H3,(H,21,23). The molecule has 26 heavy (non-hydrogen) atoms. The van der Waals surface area contributed by atoms with Crippen LogP contribution in [0.5, 0.6) is 0 Å². The van der Waals surface area contributed by atoms with Crippen molar-refractivity contribution in [2.45, 2.75) is 30.7 Å². The Balaban J connectivity index is 1.43. The summed E-state index contributed by atoms with van der Waals surface area (Å²) in [5.74, 6) is 0.439. The molecule has 1 fully saturated rings. The van der Waals surface area contributed by atoms with Crippen LogP contribution >= 0.6 is 11.8 Å². The summed E-state index contributed by atoms with van der Waals surface area (Å²) in [6.45, 7) is 3.45. The van der Waals surface area contributed by atoms with E-state index in [9.17, 15) is 9.59 Å². The van der Waals surface area contributed by atoms with Gasteiger partial charge in [-0.25, -0.2) is 4.79 Å². The molecule has 138 valence electrons. The minimum Gasteiger partial charge on any atom is -0.450 e. The summed E-state index contributed by atoms with van der Waals surface area (Å²) in [6.07, 6.45) is 1.28. The van der Waals surface area contributed by atoms with Crippen LogP contribution in [0.2, 0.25) is 0 Å². The summed E-state index contributed by atoms with van der Waals surface area (Å²) in [5, 5.41) is 5.47. The number of nitrogens with zero attached hydrogens (tertiary/aromatic N) is 1. The largest absolute Gasteiger partial charge is 0.450 e. The number of fused-ring (bicyclic) bond motifs is 1. The molecule has 0 aliphatic carbocycles. The van der Waals surface area contributed by atoms with Crippen LogP contribution in [0.15, 0.2) is 47.4 Å². The van der Waals surface area contributed by atoms with Gasteiger partial charge < -0.3 is 15.0 Å². The fraction of sp³-hybridized carbons (Fsp3) is 0.400. The number of hydrogen-bond donors (Lipinski definition) is 1. The van der Waals surface area contributed by atoms with Gasteiger partial charge in [0.1, 0.15) is 0 Å². The second-order valence-corrected chi connectivity index (χ2v) is 7.37. The van der Waals surface area contributed by atoms with Crippen LogP contribution in [0, 0.1) is 0 Å². The van der Waals surface area contributed by atoms with Gasteiger partial charge in [0.2, 0.25) is 5.91 Å². The number of nitrogens with one attached hydrogen (secondary N) is 1. The van der Waals surface area contributed by atoms with Crippen molar-refractivity contribution >= 4 is 34.5 Å². The Morgan fingerprint density at radius 1 is 1.15 bits per heavy atom. The van der Waals surface area contributed by atoms with E-state index in [-0.39, 0.29) is 18.0 Å². The molecule has 1 heterocycles. The summed E-state index contributed by atoms with van der Waals surface area (Å²) < 4.78 is 5.01. The van der Waals surface area contributed by atoms with E-state index in [1.54, 1.807) is 23.6 Å². The van der Waals surface area contributed by atoms with E-state index in [2.05, 4.69) is 35.6 Å². The predicted octanol–water partition coefficient (Wildman–Crippen LogP) is 3.67.